The lowest BCUT2D eigenvalue weighted by molar-refractivity contribution is 0.0520. The molecule has 130 valence electrons. The predicted octanol–water partition coefficient (Wildman–Crippen LogP) is 1.77. The van der Waals surface area contributed by atoms with Gasteiger partial charge in [-0.3, -0.25) is 5.10 Å². The number of nitrogens with one attached hydrogen (secondary N) is 2. The van der Waals surface area contributed by atoms with Gasteiger partial charge in [0, 0.05) is 6.54 Å². The zero-order chi connectivity index (χ0) is 17.7. The number of aromatic amines is 1. The van der Waals surface area contributed by atoms with E-state index >= 15 is 0 Å². The van der Waals surface area contributed by atoms with E-state index in [1.54, 1.807) is 13.8 Å². The summed E-state index contributed by atoms with van der Waals surface area (Å²) in [4.78, 5) is 12.0. The first-order chi connectivity index (χ1) is 11.4. The third-order valence-corrected chi connectivity index (χ3v) is 4.60. The van der Waals surface area contributed by atoms with Crippen molar-refractivity contribution in [1.29, 1.82) is 0 Å². The second-order valence-corrected chi connectivity index (χ2v) is 6.59. The van der Waals surface area contributed by atoms with Crippen molar-refractivity contribution in [3.05, 3.63) is 46.9 Å². The molecule has 0 aliphatic heterocycles. The quantitative estimate of drug-likeness (QED) is 0.737. The van der Waals surface area contributed by atoms with Crippen LogP contribution in [0.25, 0.3) is 0 Å². The molecule has 1 aromatic carbocycles. The lowest BCUT2D eigenvalue weighted by Crippen LogP contribution is -2.26. The van der Waals surface area contributed by atoms with Gasteiger partial charge in [0.1, 0.15) is 11.4 Å². The van der Waals surface area contributed by atoms with Gasteiger partial charge in [-0.1, -0.05) is 19.1 Å². The van der Waals surface area contributed by atoms with Crippen LogP contribution in [0.15, 0.2) is 29.3 Å². The summed E-state index contributed by atoms with van der Waals surface area (Å²) in [6, 6.07) is 5.40. The van der Waals surface area contributed by atoms with Gasteiger partial charge in [0.05, 0.1) is 12.3 Å². The highest BCUT2D eigenvalue weighted by Gasteiger charge is 2.29. The van der Waals surface area contributed by atoms with Crippen molar-refractivity contribution in [2.45, 2.75) is 31.8 Å². The van der Waals surface area contributed by atoms with Gasteiger partial charge in [-0.2, -0.15) is 5.10 Å². The number of esters is 1. The summed E-state index contributed by atoms with van der Waals surface area (Å²) in [6.07, 6.45) is 0.397. The zero-order valence-corrected chi connectivity index (χ0v) is 14.1. The third kappa shape index (κ3) is 3.98. The Hall–Kier alpha value is -2.26. The minimum atomic E-state index is -4.04. The maximum absolute atomic E-state index is 12.9. The van der Waals surface area contributed by atoms with Crippen LogP contribution in [0, 0.1) is 5.82 Å². The molecule has 0 aliphatic carbocycles. The fourth-order valence-electron chi connectivity index (χ4n) is 2.07. The van der Waals surface area contributed by atoms with Crippen molar-refractivity contribution < 1.29 is 22.3 Å². The van der Waals surface area contributed by atoms with E-state index in [4.69, 9.17) is 4.74 Å². The highest BCUT2D eigenvalue weighted by Crippen LogP contribution is 2.19. The summed E-state index contributed by atoms with van der Waals surface area (Å²) < 4.78 is 45.0. The molecule has 0 unspecified atom stereocenters. The van der Waals surface area contributed by atoms with E-state index in [1.807, 2.05) is 0 Å². The monoisotopic (exact) mass is 355 g/mol. The van der Waals surface area contributed by atoms with Gasteiger partial charge in [-0.25, -0.2) is 22.3 Å². The van der Waals surface area contributed by atoms with E-state index in [2.05, 4.69) is 14.9 Å². The van der Waals surface area contributed by atoms with Gasteiger partial charge in [-0.15, -0.1) is 0 Å². The van der Waals surface area contributed by atoms with E-state index in [-0.39, 0.29) is 18.7 Å². The number of aryl methyl sites for hydroxylation is 1. The molecule has 0 saturated heterocycles. The molecule has 0 radical (unpaired) electrons. The molecule has 0 bridgehead atoms. The predicted molar refractivity (Wildman–Crippen MR) is 84.3 cm³/mol. The molecule has 2 aromatic rings. The maximum Gasteiger partial charge on any atom is 0.343 e. The molecule has 2 N–H and O–H groups in total. The van der Waals surface area contributed by atoms with Crippen LogP contribution < -0.4 is 4.72 Å². The van der Waals surface area contributed by atoms with Crippen molar-refractivity contribution in [1.82, 2.24) is 14.9 Å². The van der Waals surface area contributed by atoms with Crippen molar-refractivity contribution in [2.75, 3.05) is 6.61 Å². The number of rotatable bonds is 7. The smallest absolute Gasteiger partial charge is 0.343 e. The van der Waals surface area contributed by atoms with Gasteiger partial charge in [0.15, 0.2) is 0 Å². The molecule has 1 heterocycles. The van der Waals surface area contributed by atoms with E-state index in [0.29, 0.717) is 17.7 Å². The van der Waals surface area contributed by atoms with Crippen LogP contribution in [0.3, 0.4) is 0 Å². The number of H-pyrrole nitrogens is 1. The summed E-state index contributed by atoms with van der Waals surface area (Å²) in [7, 11) is -4.04. The van der Waals surface area contributed by atoms with Gasteiger partial charge in [0.2, 0.25) is 5.03 Å². The molecule has 7 nitrogen and oxygen atoms in total. The maximum atomic E-state index is 12.9. The van der Waals surface area contributed by atoms with Crippen molar-refractivity contribution in [3.8, 4) is 0 Å². The normalized spacial score (nSPS) is 11.5. The van der Waals surface area contributed by atoms with Crippen LogP contribution in [-0.4, -0.2) is 31.2 Å². The van der Waals surface area contributed by atoms with Gasteiger partial charge in [0.25, 0.3) is 10.0 Å². The molecule has 0 atom stereocenters. The Balaban J connectivity index is 2.27. The highest BCUT2D eigenvalue weighted by molar-refractivity contribution is 7.89. The zero-order valence-electron chi connectivity index (χ0n) is 13.3. The molecule has 0 spiro atoms. The Morgan fingerprint density at radius 3 is 2.54 bits per heavy atom. The number of carbonyl (C=O) groups excluding carboxylic acids is 1. The van der Waals surface area contributed by atoms with Crippen LogP contribution in [-0.2, 0) is 27.7 Å². The summed E-state index contributed by atoms with van der Waals surface area (Å²) in [5.74, 6) is -1.16. The van der Waals surface area contributed by atoms with Crippen molar-refractivity contribution in [2.24, 2.45) is 0 Å². The van der Waals surface area contributed by atoms with Gasteiger partial charge >= 0.3 is 5.97 Å². The van der Waals surface area contributed by atoms with Crippen LogP contribution in [0.4, 0.5) is 4.39 Å². The topological polar surface area (TPSA) is 101 Å². The number of carbonyl (C=O) groups is 1. The molecular weight excluding hydrogens is 337 g/mol. The van der Waals surface area contributed by atoms with E-state index in [0.717, 1.165) is 0 Å². The molecule has 24 heavy (non-hydrogen) atoms. The number of aromatic nitrogens is 2. The Bertz CT molecular complexity index is 816. The number of benzene rings is 1. The van der Waals surface area contributed by atoms with E-state index in [1.165, 1.54) is 24.3 Å². The minimum Gasteiger partial charge on any atom is -0.462 e. The SMILES string of the molecule is CCOC(=O)c1c(S(=O)(=O)NCc2ccc(F)cc2)n[nH]c1CC. The van der Waals surface area contributed by atoms with E-state index in [9.17, 15) is 17.6 Å². The van der Waals surface area contributed by atoms with Crippen LogP contribution in [0.1, 0.15) is 35.5 Å². The Labute approximate surface area is 139 Å². The number of sulfonamides is 1. The first kappa shape index (κ1) is 18.1. The molecule has 9 heteroatoms. The van der Waals surface area contributed by atoms with Crippen LogP contribution >= 0.6 is 0 Å². The van der Waals surface area contributed by atoms with Crippen LogP contribution in [0.2, 0.25) is 0 Å². The average Bonchev–Trinajstić information content (AvgIpc) is 2.99. The fourth-order valence-corrected chi connectivity index (χ4v) is 3.21. The standard InChI is InChI=1S/C15H18FN3O4S/c1-3-12-13(15(20)23-4-2)14(19-18-12)24(21,22)17-9-10-5-7-11(16)8-6-10/h5-8,17H,3-4,9H2,1-2H3,(H,18,19). The van der Waals surface area contributed by atoms with Crippen molar-refractivity contribution in [3.63, 3.8) is 0 Å². The summed E-state index contributed by atoms with van der Waals surface area (Å²) in [5.41, 5.74) is 0.866. The average molecular weight is 355 g/mol. The third-order valence-electron chi connectivity index (χ3n) is 3.28. The second-order valence-electron chi connectivity index (χ2n) is 4.91. The highest BCUT2D eigenvalue weighted by atomic mass is 32.2. The number of nitrogens with zero attached hydrogens (tertiary/aromatic N) is 1. The lowest BCUT2D eigenvalue weighted by atomic mass is 10.2. The number of hydrogen-bond acceptors (Lipinski definition) is 5. The Morgan fingerprint density at radius 1 is 1.29 bits per heavy atom. The van der Waals surface area contributed by atoms with Gasteiger partial charge < -0.3 is 4.74 Å². The Morgan fingerprint density at radius 2 is 1.96 bits per heavy atom. The molecular formula is C15H18FN3O4S. The number of halogens is 1. The minimum absolute atomic E-state index is 0.0564. The molecule has 0 aliphatic rings. The lowest BCUT2D eigenvalue weighted by Gasteiger charge is -2.07. The molecule has 1 aromatic heterocycles. The first-order valence-electron chi connectivity index (χ1n) is 7.37. The molecule has 2 rings (SSSR count). The van der Waals surface area contributed by atoms with E-state index < -0.39 is 26.8 Å². The largest absolute Gasteiger partial charge is 0.462 e. The molecule has 0 fully saturated rings. The fraction of sp³-hybridized carbons (Fsp3) is 0.333. The van der Waals surface area contributed by atoms with Gasteiger partial charge in [-0.05, 0) is 31.0 Å². The summed E-state index contributed by atoms with van der Waals surface area (Å²) in [5, 5.41) is 5.90. The van der Waals surface area contributed by atoms with Crippen molar-refractivity contribution >= 4 is 16.0 Å². The van der Waals surface area contributed by atoms with Crippen LogP contribution in [0.5, 0.6) is 0 Å². The number of hydrogen-bond donors (Lipinski definition) is 2. The molecule has 0 amide bonds. The number of ether oxygens (including phenoxy) is 1. The Kier molecular flexibility index (Phi) is 5.68. The summed E-state index contributed by atoms with van der Waals surface area (Å²) >= 11 is 0. The summed E-state index contributed by atoms with van der Waals surface area (Å²) in [6.45, 7) is 3.46. The molecule has 0 saturated carbocycles. The second kappa shape index (κ2) is 7.54. The first-order valence-corrected chi connectivity index (χ1v) is 8.85.